The fraction of sp³-hybridized carbons (Fsp3) is 0.0556. The average Bonchev–Trinajstić information content (AvgIpc) is 3.05. The number of nitrogens with zero attached hydrogens (tertiary/aromatic N) is 1. The molecule has 8 heteroatoms. The Kier molecular flexibility index (Phi) is 5.88. The molecule has 132 valence electrons. The van der Waals surface area contributed by atoms with Crippen molar-refractivity contribution in [2.75, 3.05) is 10.6 Å². The highest BCUT2D eigenvalue weighted by Crippen LogP contribution is 2.25. The predicted octanol–water partition coefficient (Wildman–Crippen LogP) is 4.88. The Balaban J connectivity index is 1.58. The summed E-state index contributed by atoms with van der Waals surface area (Å²) in [5.41, 5.74) is 1.66. The van der Waals surface area contributed by atoms with Crippen LogP contribution in [0.3, 0.4) is 0 Å². The minimum Gasteiger partial charge on any atom is -0.326 e. The number of rotatable bonds is 5. The molecule has 0 unspecified atom stereocenters. The number of hydrogen-bond donors (Lipinski definition) is 2. The Bertz CT molecular complexity index is 945. The summed E-state index contributed by atoms with van der Waals surface area (Å²) in [6.07, 6.45) is 0.0813. The summed E-state index contributed by atoms with van der Waals surface area (Å²) in [7, 11) is 0. The van der Waals surface area contributed by atoms with Crippen molar-refractivity contribution >= 4 is 57.2 Å². The number of carbonyl (C=O) groups is 2. The SMILES string of the molecule is O=C(Cc1csc(NC(=O)c2ccccc2)n1)Nc1ccc(Cl)c(Cl)c1. The van der Waals surface area contributed by atoms with E-state index in [1.807, 2.05) is 6.07 Å². The topological polar surface area (TPSA) is 71.1 Å². The van der Waals surface area contributed by atoms with Crippen LogP contribution in [0.4, 0.5) is 10.8 Å². The third kappa shape index (κ3) is 4.82. The smallest absolute Gasteiger partial charge is 0.257 e. The van der Waals surface area contributed by atoms with Gasteiger partial charge in [-0.15, -0.1) is 11.3 Å². The van der Waals surface area contributed by atoms with E-state index in [1.54, 1.807) is 47.8 Å². The van der Waals surface area contributed by atoms with E-state index in [-0.39, 0.29) is 18.2 Å². The lowest BCUT2D eigenvalue weighted by atomic mass is 10.2. The van der Waals surface area contributed by atoms with Crippen molar-refractivity contribution in [3.8, 4) is 0 Å². The Morgan fingerprint density at radius 1 is 1.00 bits per heavy atom. The minimum absolute atomic E-state index is 0.0813. The normalized spacial score (nSPS) is 10.4. The van der Waals surface area contributed by atoms with Crippen molar-refractivity contribution in [1.82, 2.24) is 4.98 Å². The Hall–Kier alpha value is -2.41. The van der Waals surface area contributed by atoms with E-state index in [0.717, 1.165) is 0 Å². The average molecular weight is 406 g/mol. The van der Waals surface area contributed by atoms with Crippen molar-refractivity contribution in [2.45, 2.75) is 6.42 Å². The molecule has 2 aromatic carbocycles. The lowest BCUT2D eigenvalue weighted by Gasteiger charge is -2.05. The summed E-state index contributed by atoms with van der Waals surface area (Å²) in [4.78, 5) is 28.5. The standard InChI is InChI=1S/C18H13Cl2N3O2S/c19-14-7-6-12(8-15(14)20)21-16(24)9-13-10-26-18(22-13)23-17(25)11-4-2-1-3-5-11/h1-8,10H,9H2,(H,21,24)(H,22,23,25). The van der Waals surface area contributed by atoms with Crippen LogP contribution in [0.15, 0.2) is 53.9 Å². The van der Waals surface area contributed by atoms with Gasteiger partial charge in [0.1, 0.15) is 0 Å². The predicted molar refractivity (Wildman–Crippen MR) is 105 cm³/mol. The number of anilines is 2. The van der Waals surface area contributed by atoms with E-state index in [1.165, 1.54) is 11.3 Å². The zero-order valence-corrected chi connectivity index (χ0v) is 15.7. The molecule has 1 aromatic heterocycles. The fourth-order valence-corrected chi connectivity index (χ4v) is 3.15. The van der Waals surface area contributed by atoms with Gasteiger partial charge in [0, 0.05) is 16.6 Å². The summed E-state index contributed by atoms with van der Waals surface area (Å²) in [6, 6.07) is 13.7. The first-order chi connectivity index (χ1) is 12.5. The second-order valence-electron chi connectivity index (χ2n) is 5.32. The van der Waals surface area contributed by atoms with Gasteiger partial charge in [-0.05, 0) is 30.3 Å². The van der Waals surface area contributed by atoms with E-state index < -0.39 is 0 Å². The zero-order chi connectivity index (χ0) is 18.5. The van der Waals surface area contributed by atoms with Gasteiger partial charge in [-0.1, -0.05) is 41.4 Å². The first-order valence-electron chi connectivity index (χ1n) is 7.57. The highest BCUT2D eigenvalue weighted by molar-refractivity contribution is 7.14. The maximum atomic E-state index is 12.1. The molecule has 0 aliphatic carbocycles. The lowest BCUT2D eigenvalue weighted by molar-refractivity contribution is -0.115. The third-order valence-electron chi connectivity index (χ3n) is 3.35. The quantitative estimate of drug-likeness (QED) is 0.634. The van der Waals surface area contributed by atoms with Gasteiger partial charge in [0.2, 0.25) is 5.91 Å². The molecule has 26 heavy (non-hydrogen) atoms. The number of carbonyl (C=O) groups excluding carboxylic acids is 2. The van der Waals surface area contributed by atoms with Gasteiger partial charge in [-0.3, -0.25) is 14.9 Å². The molecule has 0 aliphatic heterocycles. The van der Waals surface area contributed by atoms with Gasteiger partial charge in [0.25, 0.3) is 5.91 Å². The van der Waals surface area contributed by atoms with E-state index in [2.05, 4.69) is 15.6 Å². The highest BCUT2D eigenvalue weighted by Gasteiger charge is 2.11. The number of hydrogen-bond acceptors (Lipinski definition) is 4. The summed E-state index contributed by atoms with van der Waals surface area (Å²) in [6.45, 7) is 0. The molecule has 0 fully saturated rings. The number of aromatic nitrogens is 1. The lowest BCUT2D eigenvalue weighted by Crippen LogP contribution is -2.15. The molecule has 5 nitrogen and oxygen atoms in total. The van der Waals surface area contributed by atoms with Crippen LogP contribution >= 0.6 is 34.5 Å². The van der Waals surface area contributed by atoms with Gasteiger partial charge in [-0.25, -0.2) is 4.98 Å². The van der Waals surface area contributed by atoms with Crippen LogP contribution < -0.4 is 10.6 Å². The van der Waals surface area contributed by atoms with Crippen molar-refractivity contribution in [3.63, 3.8) is 0 Å². The molecule has 1 heterocycles. The van der Waals surface area contributed by atoms with Crippen LogP contribution in [0.5, 0.6) is 0 Å². The molecule has 0 atom stereocenters. The Morgan fingerprint density at radius 3 is 2.50 bits per heavy atom. The highest BCUT2D eigenvalue weighted by atomic mass is 35.5. The summed E-state index contributed by atoms with van der Waals surface area (Å²) in [5.74, 6) is -0.485. The van der Waals surface area contributed by atoms with Gasteiger partial charge < -0.3 is 5.32 Å². The second-order valence-corrected chi connectivity index (χ2v) is 6.99. The largest absolute Gasteiger partial charge is 0.326 e. The molecular weight excluding hydrogens is 393 g/mol. The maximum Gasteiger partial charge on any atom is 0.257 e. The number of thiazole rings is 1. The number of amides is 2. The second kappa shape index (κ2) is 8.31. The van der Waals surface area contributed by atoms with Crippen molar-refractivity contribution in [2.24, 2.45) is 0 Å². The third-order valence-corrected chi connectivity index (χ3v) is 4.90. The molecule has 3 aromatic rings. The maximum absolute atomic E-state index is 12.1. The van der Waals surface area contributed by atoms with E-state index in [0.29, 0.717) is 32.1 Å². The zero-order valence-electron chi connectivity index (χ0n) is 13.3. The number of halogens is 2. The summed E-state index contributed by atoms with van der Waals surface area (Å²) < 4.78 is 0. The van der Waals surface area contributed by atoms with Gasteiger partial charge in [0.15, 0.2) is 5.13 Å². The van der Waals surface area contributed by atoms with Gasteiger partial charge in [-0.2, -0.15) is 0 Å². The molecule has 0 radical (unpaired) electrons. The van der Waals surface area contributed by atoms with Crippen LogP contribution in [-0.2, 0) is 11.2 Å². The first-order valence-corrected chi connectivity index (χ1v) is 9.20. The van der Waals surface area contributed by atoms with Crippen LogP contribution in [-0.4, -0.2) is 16.8 Å². The fourth-order valence-electron chi connectivity index (χ4n) is 2.15. The molecule has 0 aliphatic rings. The first kappa shape index (κ1) is 18.4. The van der Waals surface area contributed by atoms with E-state index >= 15 is 0 Å². The molecular formula is C18H13Cl2N3O2S. The number of nitrogens with one attached hydrogen (secondary N) is 2. The summed E-state index contributed by atoms with van der Waals surface area (Å²) in [5, 5.41) is 8.41. The van der Waals surface area contributed by atoms with Gasteiger partial charge in [0.05, 0.1) is 22.2 Å². The molecule has 0 spiro atoms. The molecule has 0 saturated carbocycles. The van der Waals surface area contributed by atoms with Crippen molar-refractivity contribution in [3.05, 3.63) is 75.2 Å². The monoisotopic (exact) mass is 405 g/mol. The van der Waals surface area contributed by atoms with Crippen LogP contribution in [0.2, 0.25) is 10.0 Å². The molecule has 3 rings (SSSR count). The van der Waals surface area contributed by atoms with Gasteiger partial charge >= 0.3 is 0 Å². The number of benzene rings is 2. The van der Waals surface area contributed by atoms with Crippen LogP contribution in [0.25, 0.3) is 0 Å². The van der Waals surface area contributed by atoms with Crippen LogP contribution in [0.1, 0.15) is 16.1 Å². The van der Waals surface area contributed by atoms with E-state index in [4.69, 9.17) is 23.2 Å². The summed E-state index contributed by atoms with van der Waals surface area (Å²) >= 11 is 13.0. The molecule has 2 amide bonds. The van der Waals surface area contributed by atoms with Crippen LogP contribution in [0, 0.1) is 0 Å². The molecule has 0 saturated heterocycles. The van der Waals surface area contributed by atoms with E-state index in [9.17, 15) is 9.59 Å². The minimum atomic E-state index is -0.244. The van der Waals surface area contributed by atoms with Crippen molar-refractivity contribution in [1.29, 1.82) is 0 Å². The van der Waals surface area contributed by atoms with Crippen molar-refractivity contribution < 1.29 is 9.59 Å². The Morgan fingerprint density at radius 2 is 1.77 bits per heavy atom. The molecule has 0 bridgehead atoms. The molecule has 2 N–H and O–H groups in total. The Labute approximate surface area is 164 Å².